The minimum atomic E-state index is -0.203. The maximum Gasteiger partial charge on any atom is 0.258 e. The number of hydrogen-bond donors (Lipinski definition) is 1. The van der Waals surface area contributed by atoms with Gasteiger partial charge in [0.1, 0.15) is 17.9 Å². The summed E-state index contributed by atoms with van der Waals surface area (Å²) < 4.78 is 12.9. The average molecular weight is 442 g/mol. The second-order valence-corrected chi connectivity index (χ2v) is 7.66. The summed E-state index contributed by atoms with van der Waals surface area (Å²) in [6.45, 7) is 1.41. The van der Waals surface area contributed by atoms with E-state index < -0.39 is 0 Å². The van der Waals surface area contributed by atoms with Crippen LogP contribution in [0, 0.1) is 0 Å². The molecule has 0 spiro atoms. The van der Waals surface area contributed by atoms with Gasteiger partial charge >= 0.3 is 0 Å². The van der Waals surface area contributed by atoms with E-state index in [9.17, 15) is 4.79 Å². The van der Waals surface area contributed by atoms with Crippen molar-refractivity contribution in [2.45, 2.75) is 19.6 Å². The van der Waals surface area contributed by atoms with E-state index in [1.54, 1.807) is 18.0 Å². The number of carbonyl (C=O) groups excluding carboxylic acids is 1. The highest BCUT2D eigenvalue weighted by molar-refractivity contribution is 5.96. The number of aromatic nitrogens is 2. The first-order valence-electron chi connectivity index (χ1n) is 10.9. The molecule has 4 rings (SSSR count). The zero-order valence-corrected chi connectivity index (χ0v) is 18.6. The van der Waals surface area contributed by atoms with Crippen LogP contribution < -0.4 is 14.8 Å². The summed E-state index contributed by atoms with van der Waals surface area (Å²) in [6.07, 6.45) is 2.46. The van der Waals surface area contributed by atoms with E-state index in [4.69, 9.17) is 9.47 Å². The third kappa shape index (κ3) is 6.23. The molecule has 0 aliphatic rings. The number of nitrogens with zero attached hydrogens (tertiary/aromatic N) is 2. The predicted octanol–water partition coefficient (Wildman–Crippen LogP) is 4.49. The smallest absolute Gasteiger partial charge is 0.258 e. The highest BCUT2D eigenvalue weighted by Crippen LogP contribution is 2.19. The minimum absolute atomic E-state index is 0.203. The zero-order valence-electron chi connectivity index (χ0n) is 18.6. The monoisotopic (exact) mass is 441 g/mol. The van der Waals surface area contributed by atoms with Gasteiger partial charge < -0.3 is 14.8 Å². The van der Waals surface area contributed by atoms with Crippen LogP contribution in [0.25, 0.3) is 0 Å². The van der Waals surface area contributed by atoms with Crippen molar-refractivity contribution in [3.8, 4) is 11.6 Å². The van der Waals surface area contributed by atoms with Crippen LogP contribution in [0.2, 0.25) is 0 Å². The molecular weight excluding hydrogens is 414 g/mol. The molecule has 0 unspecified atom stereocenters. The van der Waals surface area contributed by atoms with Crippen LogP contribution in [0.1, 0.15) is 27.0 Å². The topological polar surface area (TPSA) is 65.4 Å². The lowest BCUT2D eigenvalue weighted by atomic mass is 10.1. The van der Waals surface area contributed by atoms with Crippen molar-refractivity contribution in [2.24, 2.45) is 0 Å². The van der Waals surface area contributed by atoms with Gasteiger partial charge in [-0.3, -0.25) is 9.48 Å². The van der Waals surface area contributed by atoms with Crippen LogP contribution >= 0.6 is 0 Å². The van der Waals surface area contributed by atoms with Crippen molar-refractivity contribution in [3.05, 3.63) is 113 Å². The van der Waals surface area contributed by atoms with Gasteiger partial charge in [-0.1, -0.05) is 72.8 Å². The van der Waals surface area contributed by atoms with E-state index >= 15 is 0 Å². The van der Waals surface area contributed by atoms with Gasteiger partial charge in [-0.15, -0.1) is 5.10 Å². The highest BCUT2D eigenvalue weighted by Gasteiger charge is 2.18. The van der Waals surface area contributed by atoms with Crippen molar-refractivity contribution in [3.63, 3.8) is 0 Å². The quantitative estimate of drug-likeness (QED) is 0.394. The summed E-state index contributed by atoms with van der Waals surface area (Å²) in [6, 6.07) is 27.7. The standard InChI is InChI=1S/C27H27N3O3/c1-32-24-14-12-21(13-15-24)16-17-28-26(31)25-19-30(18-22-8-4-2-5-9-22)29-27(25)33-20-23-10-6-3-7-11-23/h2-15,19H,16-18,20H2,1H3,(H,28,31). The molecule has 0 fully saturated rings. The molecule has 1 aromatic heterocycles. The number of methoxy groups -OCH3 is 1. The molecule has 3 aromatic carbocycles. The van der Waals surface area contributed by atoms with Gasteiger partial charge in [0.2, 0.25) is 5.88 Å². The number of hydrogen-bond acceptors (Lipinski definition) is 4. The van der Waals surface area contributed by atoms with E-state index in [0.717, 1.165) is 22.4 Å². The van der Waals surface area contributed by atoms with E-state index in [-0.39, 0.29) is 5.91 Å². The van der Waals surface area contributed by atoms with Crippen LogP contribution in [0.15, 0.2) is 91.1 Å². The van der Waals surface area contributed by atoms with Crippen molar-refractivity contribution < 1.29 is 14.3 Å². The molecule has 0 aliphatic heterocycles. The third-order valence-electron chi connectivity index (χ3n) is 5.24. The fourth-order valence-electron chi connectivity index (χ4n) is 3.45. The van der Waals surface area contributed by atoms with Crippen molar-refractivity contribution in [1.82, 2.24) is 15.1 Å². The largest absolute Gasteiger partial charge is 0.497 e. The molecule has 6 heteroatoms. The highest BCUT2D eigenvalue weighted by atomic mass is 16.5. The van der Waals surface area contributed by atoms with E-state index in [1.807, 2.05) is 84.9 Å². The Morgan fingerprint density at radius 1 is 0.879 bits per heavy atom. The molecule has 0 saturated carbocycles. The molecule has 0 atom stereocenters. The normalized spacial score (nSPS) is 10.6. The zero-order chi connectivity index (χ0) is 22.9. The first kappa shape index (κ1) is 22.1. The molecular formula is C27H27N3O3. The molecule has 1 amide bonds. The van der Waals surface area contributed by atoms with Gasteiger partial charge in [0.05, 0.1) is 13.7 Å². The third-order valence-corrected chi connectivity index (χ3v) is 5.24. The molecule has 0 radical (unpaired) electrons. The summed E-state index contributed by atoms with van der Waals surface area (Å²) in [7, 11) is 1.64. The lowest BCUT2D eigenvalue weighted by molar-refractivity contribution is 0.0949. The lowest BCUT2D eigenvalue weighted by Crippen LogP contribution is -2.25. The number of benzene rings is 3. The predicted molar refractivity (Wildman–Crippen MR) is 128 cm³/mol. The van der Waals surface area contributed by atoms with Crippen LogP contribution in [-0.4, -0.2) is 29.3 Å². The van der Waals surface area contributed by atoms with Gasteiger partial charge in [-0.2, -0.15) is 0 Å². The number of nitrogens with one attached hydrogen (secondary N) is 1. The first-order valence-corrected chi connectivity index (χ1v) is 10.9. The Kier molecular flexibility index (Phi) is 7.38. The molecule has 168 valence electrons. The fourth-order valence-corrected chi connectivity index (χ4v) is 3.45. The van der Waals surface area contributed by atoms with Crippen LogP contribution in [0.5, 0.6) is 11.6 Å². The second-order valence-electron chi connectivity index (χ2n) is 7.66. The van der Waals surface area contributed by atoms with Crippen molar-refractivity contribution in [2.75, 3.05) is 13.7 Å². The molecule has 1 heterocycles. The minimum Gasteiger partial charge on any atom is -0.497 e. The second kappa shape index (κ2) is 11.0. The Balaban J connectivity index is 1.44. The molecule has 0 saturated heterocycles. The van der Waals surface area contributed by atoms with E-state index in [0.29, 0.717) is 37.6 Å². The van der Waals surface area contributed by atoms with Gasteiger partial charge in [0.25, 0.3) is 5.91 Å². The number of carbonyl (C=O) groups is 1. The maximum absolute atomic E-state index is 13.0. The Labute approximate surface area is 193 Å². The molecule has 1 N–H and O–H groups in total. The van der Waals surface area contributed by atoms with Crippen molar-refractivity contribution >= 4 is 5.91 Å². The van der Waals surface area contributed by atoms with Gasteiger partial charge in [-0.25, -0.2) is 0 Å². The summed E-state index contributed by atoms with van der Waals surface area (Å²) in [5.41, 5.74) is 3.66. The van der Waals surface area contributed by atoms with Crippen LogP contribution in [0.3, 0.4) is 0 Å². The Morgan fingerprint density at radius 3 is 2.21 bits per heavy atom. The van der Waals surface area contributed by atoms with E-state index in [1.165, 1.54) is 0 Å². The summed E-state index contributed by atoms with van der Waals surface area (Å²) in [5.74, 6) is 0.941. The van der Waals surface area contributed by atoms with Gasteiger partial charge in [-0.05, 0) is 35.2 Å². The number of amides is 1. The molecule has 0 bridgehead atoms. The van der Waals surface area contributed by atoms with Gasteiger partial charge in [0, 0.05) is 12.7 Å². The maximum atomic E-state index is 13.0. The average Bonchev–Trinajstić information content (AvgIpc) is 3.27. The Hall–Kier alpha value is -4.06. The SMILES string of the molecule is COc1ccc(CCNC(=O)c2cn(Cc3ccccc3)nc2OCc2ccccc2)cc1. The summed E-state index contributed by atoms with van der Waals surface area (Å²) >= 11 is 0. The molecule has 4 aromatic rings. The van der Waals surface area contributed by atoms with Gasteiger partial charge in [0.15, 0.2) is 0 Å². The molecule has 33 heavy (non-hydrogen) atoms. The summed E-state index contributed by atoms with van der Waals surface area (Å²) in [4.78, 5) is 13.0. The van der Waals surface area contributed by atoms with Crippen LogP contribution in [-0.2, 0) is 19.6 Å². The first-order chi connectivity index (χ1) is 16.2. The fraction of sp³-hybridized carbons (Fsp3) is 0.185. The van der Waals surface area contributed by atoms with E-state index in [2.05, 4.69) is 10.4 Å². The van der Waals surface area contributed by atoms with Crippen molar-refractivity contribution in [1.29, 1.82) is 0 Å². The molecule has 0 aliphatic carbocycles. The number of rotatable bonds is 10. The Bertz CT molecular complexity index is 1160. The lowest BCUT2D eigenvalue weighted by Gasteiger charge is -2.07. The Morgan fingerprint density at radius 2 is 1.55 bits per heavy atom. The summed E-state index contributed by atoms with van der Waals surface area (Å²) in [5, 5.41) is 7.53. The molecule has 6 nitrogen and oxygen atoms in total. The van der Waals surface area contributed by atoms with Crippen LogP contribution in [0.4, 0.5) is 0 Å². The number of ether oxygens (including phenoxy) is 2.